The molecule has 0 N–H and O–H groups in total. The summed E-state index contributed by atoms with van der Waals surface area (Å²) in [6, 6.07) is 71.8. The van der Waals surface area contributed by atoms with Gasteiger partial charge in [-0.25, -0.2) is 0 Å². The Morgan fingerprint density at radius 3 is 1.28 bits per heavy atom. The Morgan fingerprint density at radius 2 is 0.776 bits per heavy atom. The van der Waals surface area contributed by atoms with Gasteiger partial charge < -0.3 is 14.4 Å². The van der Waals surface area contributed by atoms with Gasteiger partial charge in [-0.05, 0) is 94.0 Å². The van der Waals surface area contributed by atoms with E-state index in [1.807, 2.05) is 0 Å². The van der Waals surface area contributed by atoms with Crippen LogP contribution in [0.5, 0.6) is 0 Å². The molecule has 3 heterocycles. The van der Waals surface area contributed by atoms with Gasteiger partial charge in [0.05, 0.1) is 27.8 Å². The molecule has 274 valence electrons. The van der Waals surface area contributed by atoms with Crippen LogP contribution >= 0.6 is 0 Å². The summed E-state index contributed by atoms with van der Waals surface area (Å²) < 4.78 is 2.38. The third-order valence-corrected chi connectivity index (χ3v) is 12.7. The first-order valence-electron chi connectivity index (χ1n) is 20.3. The molecule has 2 aliphatic heterocycles. The zero-order valence-corrected chi connectivity index (χ0v) is 31.9. The fourth-order valence-electron chi connectivity index (χ4n) is 10.2. The quantitative estimate of drug-likeness (QED) is 0.174. The fraction of sp³-hybridized carbons (Fsp3) is 0.0545. The molecule has 1 aliphatic carbocycles. The Labute approximate surface area is 338 Å². The molecule has 9 aromatic rings. The molecule has 12 rings (SSSR count). The summed E-state index contributed by atoms with van der Waals surface area (Å²) in [5.74, 6) is 0.359. The first-order valence-corrected chi connectivity index (χ1v) is 20.3. The van der Waals surface area contributed by atoms with Crippen molar-refractivity contribution in [2.45, 2.75) is 5.41 Å². The van der Waals surface area contributed by atoms with Crippen molar-refractivity contribution < 1.29 is 0 Å². The van der Waals surface area contributed by atoms with Crippen LogP contribution in [0.4, 0.5) is 28.4 Å². The van der Waals surface area contributed by atoms with E-state index < -0.39 is 5.41 Å². The average molecular weight is 742 g/mol. The number of rotatable bonds is 5. The zero-order chi connectivity index (χ0) is 38.2. The van der Waals surface area contributed by atoms with E-state index in [9.17, 15) is 0 Å². The maximum absolute atomic E-state index is 2.55. The van der Waals surface area contributed by atoms with Gasteiger partial charge in [-0.1, -0.05) is 158 Å². The van der Waals surface area contributed by atoms with E-state index in [1.165, 1.54) is 77.9 Å². The Kier molecular flexibility index (Phi) is 7.27. The molecule has 3 nitrogen and oxygen atoms in total. The number of allylic oxidation sites excluding steroid dienone is 2. The van der Waals surface area contributed by atoms with Crippen LogP contribution in [0.15, 0.2) is 218 Å². The van der Waals surface area contributed by atoms with Crippen molar-refractivity contribution in [3.63, 3.8) is 0 Å². The number of aromatic nitrogens is 1. The van der Waals surface area contributed by atoms with Crippen molar-refractivity contribution in [2.24, 2.45) is 5.92 Å². The second-order valence-corrected chi connectivity index (χ2v) is 15.7. The van der Waals surface area contributed by atoms with Gasteiger partial charge in [0.15, 0.2) is 0 Å². The van der Waals surface area contributed by atoms with Crippen LogP contribution in [0.25, 0.3) is 38.6 Å². The molecule has 0 saturated carbocycles. The maximum Gasteiger partial charge on any atom is 0.0782 e. The summed E-state index contributed by atoms with van der Waals surface area (Å²) in [4.78, 5) is 5.02. The Morgan fingerprint density at radius 1 is 0.379 bits per heavy atom. The minimum atomic E-state index is -0.507. The fourth-order valence-corrected chi connectivity index (χ4v) is 10.2. The number of fused-ring (bicyclic) bond motifs is 11. The SMILES string of the molecule is C1=CC(CN2c3ccccc3C3(c4ccccc42)c2ccccc2N(c2ccc(-c4ccc(-n5c6ccccc6c6ccccc65)cc4)cc2)c2ccccc23)C=C1. The highest BCUT2D eigenvalue weighted by Gasteiger charge is 2.51. The second-order valence-electron chi connectivity index (χ2n) is 15.7. The summed E-state index contributed by atoms with van der Waals surface area (Å²) in [6.07, 6.45) is 8.97. The molecule has 0 fully saturated rings. The van der Waals surface area contributed by atoms with Crippen LogP contribution in [0, 0.1) is 5.92 Å². The number of anilines is 5. The lowest BCUT2D eigenvalue weighted by Crippen LogP contribution is -2.43. The van der Waals surface area contributed by atoms with Crippen LogP contribution < -0.4 is 9.80 Å². The van der Waals surface area contributed by atoms with Crippen molar-refractivity contribution in [2.75, 3.05) is 16.3 Å². The van der Waals surface area contributed by atoms with Gasteiger partial charge in [0.2, 0.25) is 0 Å². The summed E-state index contributed by atoms with van der Waals surface area (Å²) in [5.41, 5.74) is 16.8. The van der Waals surface area contributed by atoms with E-state index >= 15 is 0 Å². The van der Waals surface area contributed by atoms with Crippen LogP contribution in [0.3, 0.4) is 0 Å². The van der Waals surface area contributed by atoms with Gasteiger partial charge in [-0.2, -0.15) is 0 Å². The predicted molar refractivity (Wildman–Crippen MR) is 242 cm³/mol. The molecule has 0 amide bonds. The predicted octanol–water partition coefficient (Wildman–Crippen LogP) is 13.8. The lowest BCUT2D eigenvalue weighted by molar-refractivity contribution is 0.692. The molecule has 0 saturated heterocycles. The normalized spacial score (nSPS) is 14.8. The van der Waals surface area contributed by atoms with Crippen LogP contribution in [0.2, 0.25) is 0 Å². The lowest BCUT2D eigenvalue weighted by atomic mass is 9.60. The maximum atomic E-state index is 2.55. The number of benzene rings is 8. The van der Waals surface area contributed by atoms with Gasteiger partial charge in [-0.15, -0.1) is 0 Å². The number of nitrogens with zero attached hydrogens (tertiary/aromatic N) is 3. The first kappa shape index (κ1) is 32.8. The largest absolute Gasteiger partial charge is 0.340 e. The van der Waals surface area contributed by atoms with E-state index in [4.69, 9.17) is 0 Å². The van der Waals surface area contributed by atoms with Gasteiger partial charge in [0, 0.05) is 46.0 Å². The molecule has 58 heavy (non-hydrogen) atoms. The summed E-state index contributed by atoms with van der Waals surface area (Å²) in [5, 5.41) is 2.55. The van der Waals surface area contributed by atoms with Crippen LogP contribution in [0.1, 0.15) is 22.3 Å². The molecule has 3 heteroatoms. The second kappa shape index (κ2) is 12.8. The highest BCUT2D eigenvalue weighted by atomic mass is 15.2. The molecule has 8 aromatic carbocycles. The zero-order valence-electron chi connectivity index (χ0n) is 31.9. The van der Waals surface area contributed by atoms with Crippen molar-refractivity contribution in [3.05, 3.63) is 241 Å². The summed E-state index contributed by atoms with van der Waals surface area (Å²) >= 11 is 0. The number of hydrogen-bond donors (Lipinski definition) is 0. The first-order chi connectivity index (χ1) is 28.8. The molecule has 0 atom stereocenters. The summed E-state index contributed by atoms with van der Waals surface area (Å²) in [6.45, 7) is 0.891. The molecular weight excluding hydrogens is 703 g/mol. The topological polar surface area (TPSA) is 11.4 Å². The van der Waals surface area contributed by atoms with Gasteiger partial charge in [0.1, 0.15) is 0 Å². The van der Waals surface area contributed by atoms with E-state index in [1.54, 1.807) is 0 Å². The van der Waals surface area contributed by atoms with Crippen molar-refractivity contribution in [1.82, 2.24) is 4.57 Å². The molecule has 0 bridgehead atoms. The van der Waals surface area contributed by atoms with E-state index in [0.717, 1.165) is 17.9 Å². The van der Waals surface area contributed by atoms with Crippen molar-refractivity contribution in [1.29, 1.82) is 0 Å². The number of para-hydroxylation sites is 6. The van der Waals surface area contributed by atoms with Gasteiger partial charge >= 0.3 is 0 Å². The molecule has 1 spiro atoms. The van der Waals surface area contributed by atoms with Gasteiger partial charge in [0.25, 0.3) is 0 Å². The Hall–Kier alpha value is -7.36. The van der Waals surface area contributed by atoms with E-state index in [0.29, 0.717) is 5.92 Å². The minimum absolute atomic E-state index is 0.359. The third kappa shape index (κ3) is 4.68. The van der Waals surface area contributed by atoms with E-state index in [2.05, 4.69) is 233 Å². The molecule has 0 unspecified atom stereocenters. The molecular formula is C55H39N3. The monoisotopic (exact) mass is 741 g/mol. The lowest BCUT2D eigenvalue weighted by Gasteiger charge is -2.51. The highest BCUT2D eigenvalue weighted by Crippen LogP contribution is 2.63. The number of hydrogen-bond acceptors (Lipinski definition) is 2. The van der Waals surface area contributed by atoms with Crippen molar-refractivity contribution >= 4 is 50.2 Å². The van der Waals surface area contributed by atoms with Crippen molar-refractivity contribution in [3.8, 4) is 16.8 Å². The average Bonchev–Trinajstić information content (AvgIpc) is 3.94. The minimum Gasteiger partial charge on any atom is -0.340 e. The molecule has 3 aliphatic rings. The van der Waals surface area contributed by atoms with Gasteiger partial charge in [-0.3, -0.25) is 0 Å². The summed E-state index contributed by atoms with van der Waals surface area (Å²) in [7, 11) is 0. The molecule has 1 aromatic heterocycles. The van der Waals surface area contributed by atoms with Crippen LogP contribution in [-0.2, 0) is 5.41 Å². The smallest absolute Gasteiger partial charge is 0.0782 e. The Balaban J connectivity index is 0.964. The van der Waals surface area contributed by atoms with E-state index in [-0.39, 0.29) is 0 Å². The highest BCUT2D eigenvalue weighted by molar-refractivity contribution is 6.09. The molecule has 0 radical (unpaired) electrons. The third-order valence-electron chi connectivity index (χ3n) is 12.7. The standard InChI is InChI=1S/C55H39N3/c1-2-16-38(15-1)37-56-51-25-11-5-19-45(51)55(46-20-6-12-26-52(46)56)47-21-7-13-27-53(47)58(54-28-14-8-22-48(54)55)42-35-31-40(32-36-42)39-29-33-41(34-30-39)57-49-23-9-3-17-43(49)44-18-4-10-24-50(44)57/h1-36,38H,37H2. The van der Waals surface area contributed by atoms with Crippen LogP contribution in [-0.4, -0.2) is 11.1 Å². The Bertz CT molecular complexity index is 2950.